The van der Waals surface area contributed by atoms with Gasteiger partial charge in [-0.2, -0.15) is 0 Å². The predicted molar refractivity (Wildman–Crippen MR) is 74.3 cm³/mol. The van der Waals surface area contributed by atoms with Crippen molar-refractivity contribution in [1.82, 2.24) is 0 Å². The van der Waals surface area contributed by atoms with Crippen LogP contribution in [0.5, 0.6) is 0 Å². The van der Waals surface area contributed by atoms with Crippen LogP contribution in [0.15, 0.2) is 24.3 Å². The highest BCUT2D eigenvalue weighted by molar-refractivity contribution is 9.08. The summed E-state index contributed by atoms with van der Waals surface area (Å²) in [5, 5.41) is 0.954. The van der Waals surface area contributed by atoms with Gasteiger partial charge in [0.1, 0.15) is 0 Å². The molecule has 1 aliphatic rings. The van der Waals surface area contributed by atoms with Gasteiger partial charge in [0.25, 0.3) is 0 Å². The number of alkyl halides is 1. The molecule has 88 valence electrons. The second kappa shape index (κ2) is 5.72. The van der Waals surface area contributed by atoms with Gasteiger partial charge in [-0.05, 0) is 36.8 Å². The summed E-state index contributed by atoms with van der Waals surface area (Å²) >= 11 is 3.58. The van der Waals surface area contributed by atoms with E-state index in [9.17, 15) is 0 Å². The zero-order valence-corrected chi connectivity index (χ0v) is 11.5. The third kappa shape index (κ3) is 2.79. The summed E-state index contributed by atoms with van der Waals surface area (Å²) < 4.78 is 0. The summed E-state index contributed by atoms with van der Waals surface area (Å²) in [6.45, 7) is 4.80. The average Bonchev–Trinajstić information content (AvgIpc) is 2.54. The first kappa shape index (κ1) is 12.0. The maximum Gasteiger partial charge on any atom is 0.0407 e. The Morgan fingerprint density at radius 1 is 1.25 bits per heavy atom. The molecule has 1 nitrogen and oxygen atoms in total. The Balaban J connectivity index is 2.16. The lowest BCUT2D eigenvalue weighted by atomic mass is 10.0. The van der Waals surface area contributed by atoms with Crippen LogP contribution in [0.25, 0.3) is 0 Å². The molecular formula is C14H20BrN. The van der Waals surface area contributed by atoms with E-state index < -0.39 is 0 Å². The highest BCUT2D eigenvalue weighted by Gasteiger charge is 2.15. The Morgan fingerprint density at radius 2 is 2.06 bits per heavy atom. The molecule has 0 aliphatic carbocycles. The van der Waals surface area contributed by atoms with Crippen molar-refractivity contribution in [1.29, 1.82) is 0 Å². The maximum absolute atomic E-state index is 3.58. The van der Waals surface area contributed by atoms with Gasteiger partial charge in [0.15, 0.2) is 0 Å². The number of hydrogen-bond acceptors (Lipinski definition) is 1. The van der Waals surface area contributed by atoms with E-state index in [2.05, 4.69) is 52.0 Å². The van der Waals surface area contributed by atoms with E-state index in [0.29, 0.717) is 0 Å². The summed E-state index contributed by atoms with van der Waals surface area (Å²) in [5.41, 5.74) is 2.84. The van der Waals surface area contributed by atoms with Crippen molar-refractivity contribution in [3.05, 3.63) is 29.8 Å². The van der Waals surface area contributed by atoms with Gasteiger partial charge in [0.2, 0.25) is 0 Å². The Bertz CT molecular complexity index is 337. The topological polar surface area (TPSA) is 3.24 Å². The minimum Gasteiger partial charge on any atom is -0.371 e. The van der Waals surface area contributed by atoms with Gasteiger partial charge in [-0.25, -0.2) is 0 Å². The molecule has 1 aliphatic heterocycles. The minimum absolute atomic E-state index is 0.890. The molecule has 0 bridgehead atoms. The van der Waals surface area contributed by atoms with Crippen LogP contribution in [0.2, 0.25) is 0 Å². The molecule has 0 N–H and O–H groups in total. The molecule has 0 radical (unpaired) electrons. The van der Waals surface area contributed by atoms with E-state index >= 15 is 0 Å². The van der Waals surface area contributed by atoms with Crippen LogP contribution in [-0.4, -0.2) is 13.1 Å². The molecule has 1 fully saturated rings. The lowest BCUT2D eigenvalue weighted by Crippen LogP contribution is -2.25. The molecule has 0 spiro atoms. The van der Waals surface area contributed by atoms with Crippen molar-refractivity contribution in [2.45, 2.75) is 31.5 Å². The van der Waals surface area contributed by atoms with Crippen molar-refractivity contribution in [2.75, 3.05) is 18.0 Å². The molecule has 1 aromatic carbocycles. The highest BCUT2D eigenvalue weighted by Crippen LogP contribution is 2.26. The molecule has 1 heterocycles. The van der Waals surface area contributed by atoms with E-state index in [1.807, 2.05) is 0 Å². The Hall–Kier alpha value is -0.500. The fourth-order valence-electron chi connectivity index (χ4n) is 2.44. The molecule has 2 heteroatoms. The molecule has 1 saturated heterocycles. The average molecular weight is 282 g/mol. The first-order valence-corrected chi connectivity index (χ1v) is 7.32. The van der Waals surface area contributed by atoms with Crippen molar-refractivity contribution in [2.24, 2.45) is 5.92 Å². The first-order chi connectivity index (χ1) is 7.81. The van der Waals surface area contributed by atoms with Crippen molar-refractivity contribution >= 4 is 21.6 Å². The van der Waals surface area contributed by atoms with Gasteiger partial charge < -0.3 is 4.90 Å². The van der Waals surface area contributed by atoms with Gasteiger partial charge in [-0.3, -0.25) is 0 Å². The molecular weight excluding hydrogens is 262 g/mol. The summed E-state index contributed by atoms with van der Waals surface area (Å²) in [4.78, 5) is 2.56. The van der Waals surface area contributed by atoms with Crippen LogP contribution >= 0.6 is 15.9 Å². The van der Waals surface area contributed by atoms with E-state index in [1.54, 1.807) is 0 Å². The van der Waals surface area contributed by atoms with Gasteiger partial charge in [-0.15, -0.1) is 0 Å². The smallest absolute Gasteiger partial charge is 0.0407 e. The van der Waals surface area contributed by atoms with Crippen LogP contribution in [0.1, 0.15) is 31.7 Å². The molecule has 2 rings (SSSR count). The standard InChI is InChI=1S/C14H20BrN/c1-12-5-4-9-16(10-8-12)14-7-3-2-6-13(14)11-15/h2-3,6-7,12H,4-5,8-11H2,1H3. The van der Waals surface area contributed by atoms with Crippen molar-refractivity contribution < 1.29 is 0 Å². The quantitative estimate of drug-likeness (QED) is 0.734. The van der Waals surface area contributed by atoms with Crippen molar-refractivity contribution in [3.63, 3.8) is 0 Å². The predicted octanol–water partition coefficient (Wildman–Crippen LogP) is 4.21. The third-order valence-corrected chi connectivity index (χ3v) is 4.10. The Morgan fingerprint density at radius 3 is 2.88 bits per heavy atom. The van der Waals surface area contributed by atoms with E-state index in [0.717, 1.165) is 11.2 Å². The molecule has 0 amide bonds. The number of anilines is 1. The SMILES string of the molecule is CC1CCCN(c2ccccc2CBr)CC1. The van der Waals surface area contributed by atoms with Crippen LogP contribution < -0.4 is 4.90 Å². The third-order valence-electron chi connectivity index (χ3n) is 3.49. The van der Waals surface area contributed by atoms with Crippen LogP contribution in [0.3, 0.4) is 0 Å². The largest absolute Gasteiger partial charge is 0.371 e. The molecule has 1 aromatic rings. The van der Waals surface area contributed by atoms with Crippen LogP contribution in [-0.2, 0) is 5.33 Å². The van der Waals surface area contributed by atoms with Gasteiger partial charge in [-0.1, -0.05) is 41.1 Å². The maximum atomic E-state index is 3.58. The van der Waals surface area contributed by atoms with E-state index in [1.165, 1.54) is 43.6 Å². The van der Waals surface area contributed by atoms with Crippen molar-refractivity contribution in [3.8, 4) is 0 Å². The second-order valence-electron chi connectivity index (χ2n) is 4.79. The molecule has 16 heavy (non-hydrogen) atoms. The second-order valence-corrected chi connectivity index (χ2v) is 5.35. The van der Waals surface area contributed by atoms with Gasteiger partial charge >= 0.3 is 0 Å². The highest BCUT2D eigenvalue weighted by atomic mass is 79.9. The normalized spacial score (nSPS) is 21.9. The van der Waals surface area contributed by atoms with Crippen LogP contribution in [0.4, 0.5) is 5.69 Å². The molecule has 1 atom stereocenters. The Kier molecular flexibility index (Phi) is 4.28. The zero-order chi connectivity index (χ0) is 11.4. The molecule has 0 aromatic heterocycles. The number of nitrogens with zero attached hydrogens (tertiary/aromatic N) is 1. The number of para-hydroxylation sites is 1. The summed E-state index contributed by atoms with van der Waals surface area (Å²) in [6, 6.07) is 8.75. The monoisotopic (exact) mass is 281 g/mol. The Labute approximate surface area is 107 Å². The lowest BCUT2D eigenvalue weighted by molar-refractivity contribution is 0.521. The van der Waals surface area contributed by atoms with Crippen LogP contribution in [0, 0.1) is 5.92 Å². The minimum atomic E-state index is 0.890. The number of halogens is 1. The summed E-state index contributed by atoms with van der Waals surface area (Å²) in [7, 11) is 0. The lowest BCUT2D eigenvalue weighted by Gasteiger charge is -2.25. The number of benzene rings is 1. The van der Waals surface area contributed by atoms with E-state index in [-0.39, 0.29) is 0 Å². The van der Waals surface area contributed by atoms with Gasteiger partial charge in [0.05, 0.1) is 0 Å². The first-order valence-electron chi connectivity index (χ1n) is 6.20. The van der Waals surface area contributed by atoms with Gasteiger partial charge in [0, 0.05) is 24.1 Å². The fraction of sp³-hybridized carbons (Fsp3) is 0.571. The summed E-state index contributed by atoms with van der Waals surface area (Å²) in [6.07, 6.45) is 4.04. The molecule has 0 saturated carbocycles. The summed E-state index contributed by atoms with van der Waals surface area (Å²) in [5.74, 6) is 0.890. The fourth-order valence-corrected chi connectivity index (χ4v) is 2.91. The number of rotatable bonds is 2. The molecule has 1 unspecified atom stereocenters. The number of hydrogen-bond donors (Lipinski definition) is 0. The zero-order valence-electron chi connectivity index (χ0n) is 9.95. The van der Waals surface area contributed by atoms with E-state index in [4.69, 9.17) is 0 Å².